The Labute approximate surface area is 107 Å². The number of nitrogens with zero attached hydrogens (tertiary/aromatic N) is 1. The molecule has 0 radical (unpaired) electrons. The Balaban J connectivity index is 2.34. The fourth-order valence-electron chi connectivity index (χ4n) is 2.48. The normalized spacial score (nSPS) is 19.7. The second kappa shape index (κ2) is 4.96. The van der Waals surface area contributed by atoms with Gasteiger partial charge < -0.3 is 9.64 Å². The van der Waals surface area contributed by atoms with Gasteiger partial charge in [0.25, 0.3) is 0 Å². The first kappa shape index (κ1) is 12.9. The number of ether oxygens (including phenoxy) is 1. The Morgan fingerprint density at radius 1 is 1.44 bits per heavy atom. The quantitative estimate of drug-likeness (QED) is 0.826. The average molecular weight is 251 g/mol. The van der Waals surface area contributed by atoms with Crippen LogP contribution >= 0.6 is 0 Å². The van der Waals surface area contributed by atoms with Gasteiger partial charge >= 0.3 is 0 Å². The van der Waals surface area contributed by atoms with Gasteiger partial charge in [-0.15, -0.1) is 0 Å². The van der Waals surface area contributed by atoms with Gasteiger partial charge in [0.2, 0.25) is 5.91 Å². The van der Waals surface area contributed by atoms with Crippen LogP contribution < -0.4 is 9.64 Å². The van der Waals surface area contributed by atoms with Crippen LogP contribution in [0.3, 0.4) is 0 Å². The molecule has 0 N–H and O–H groups in total. The van der Waals surface area contributed by atoms with Crippen molar-refractivity contribution in [3.63, 3.8) is 0 Å². The second-order valence-electron chi connectivity index (χ2n) is 4.93. The predicted molar refractivity (Wildman–Crippen MR) is 68.3 cm³/mol. The van der Waals surface area contributed by atoms with E-state index in [0.29, 0.717) is 18.0 Å². The zero-order chi connectivity index (χ0) is 13.3. The number of hydrogen-bond acceptors (Lipinski definition) is 2. The minimum absolute atomic E-state index is 0.0678. The number of carbonyl (C=O) groups is 1. The fraction of sp³-hybridized carbons (Fsp3) is 0.500. The molecule has 0 spiro atoms. The number of hydrogen-bond donors (Lipinski definition) is 0. The van der Waals surface area contributed by atoms with E-state index >= 15 is 0 Å². The smallest absolute Gasteiger partial charge is 0.227 e. The van der Waals surface area contributed by atoms with E-state index in [1.165, 1.54) is 13.2 Å². The summed E-state index contributed by atoms with van der Waals surface area (Å²) in [6, 6.07) is 4.83. The number of halogens is 1. The van der Waals surface area contributed by atoms with Crippen molar-refractivity contribution in [3.05, 3.63) is 24.0 Å². The van der Waals surface area contributed by atoms with Crippen LogP contribution in [0.4, 0.5) is 10.1 Å². The van der Waals surface area contributed by atoms with Crippen molar-refractivity contribution in [1.82, 2.24) is 0 Å². The third-order valence-electron chi connectivity index (χ3n) is 3.44. The van der Waals surface area contributed by atoms with Gasteiger partial charge in [-0.2, -0.15) is 0 Å². The molecule has 1 saturated heterocycles. The lowest BCUT2D eigenvalue weighted by molar-refractivity contribution is -0.117. The molecule has 1 fully saturated rings. The minimum Gasteiger partial charge on any atom is -0.494 e. The zero-order valence-corrected chi connectivity index (χ0v) is 10.9. The molecule has 1 aromatic carbocycles. The first-order chi connectivity index (χ1) is 8.54. The van der Waals surface area contributed by atoms with Crippen LogP contribution in [0.15, 0.2) is 18.2 Å². The zero-order valence-electron chi connectivity index (χ0n) is 10.9. The van der Waals surface area contributed by atoms with Crippen LogP contribution in [0.1, 0.15) is 26.7 Å². The first-order valence-corrected chi connectivity index (χ1v) is 6.20. The van der Waals surface area contributed by atoms with Gasteiger partial charge in [-0.1, -0.05) is 13.8 Å². The molecule has 1 aromatic rings. The van der Waals surface area contributed by atoms with Gasteiger partial charge in [0.05, 0.1) is 7.11 Å². The van der Waals surface area contributed by atoms with E-state index in [9.17, 15) is 9.18 Å². The van der Waals surface area contributed by atoms with Gasteiger partial charge in [0, 0.05) is 24.2 Å². The maximum absolute atomic E-state index is 13.7. The monoisotopic (exact) mass is 251 g/mol. The van der Waals surface area contributed by atoms with Gasteiger partial charge in [-0.05, 0) is 24.5 Å². The SMILES string of the molecule is COc1ccc(N2C(=O)CCC2C(C)C)cc1F. The number of rotatable bonds is 3. The minimum atomic E-state index is -0.433. The average Bonchev–Trinajstić information content (AvgIpc) is 2.71. The molecule has 1 atom stereocenters. The maximum Gasteiger partial charge on any atom is 0.227 e. The molecule has 18 heavy (non-hydrogen) atoms. The molecule has 0 bridgehead atoms. The highest BCUT2D eigenvalue weighted by molar-refractivity contribution is 5.96. The van der Waals surface area contributed by atoms with Crippen molar-refractivity contribution in [1.29, 1.82) is 0 Å². The number of amides is 1. The molecular weight excluding hydrogens is 233 g/mol. The van der Waals surface area contributed by atoms with Crippen LogP contribution in [0.25, 0.3) is 0 Å². The molecule has 0 saturated carbocycles. The third kappa shape index (κ3) is 2.19. The van der Waals surface area contributed by atoms with Crippen molar-refractivity contribution >= 4 is 11.6 Å². The molecule has 2 rings (SSSR count). The summed E-state index contributed by atoms with van der Waals surface area (Å²) in [5, 5.41) is 0. The second-order valence-corrected chi connectivity index (χ2v) is 4.93. The Morgan fingerprint density at radius 3 is 2.72 bits per heavy atom. The van der Waals surface area contributed by atoms with Crippen LogP contribution in [-0.2, 0) is 4.79 Å². The van der Waals surface area contributed by atoms with Crippen LogP contribution in [0.5, 0.6) is 5.75 Å². The summed E-state index contributed by atoms with van der Waals surface area (Å²) < 4.78 is 18.6. The van der Waals surface area contributed by atoms with E-state index < -0.39 is 5.82 Å². The molecule has 0 aromatic heterocycles. The van der Waals surface area contributed by atoms with E-state index in [4.69, 9.17) is 4.74 Å². The lowest BCUT2D eigenvalue weighted by atomic mass is 10.0. The van der Waals surface area contributed by atoms with Crippen LogP contribution in [0.2, 0.25) is 0 Å². The molecule has 4 heteroatoms. The summed E-state index contributed by atoms with van der Waals surface area (Å²) in [4.78, 5) is 13.6. The summed E-state index contributed by atoms with van der Waals surface area (Å²) in [7, 11) is 1.43. The Hall–Kier alpha value is -1.58. The van der Waals surface area contributed by atoms with Gasteiger partial charge in [0.15, 0.2) is 11.6 Å². The number of benzene rings is 1. The molecule has 1 amide bonds. The Kier molecular flexibility index (Phi) is 3.55. The highest BCUT2D eigenvalue weighted by Crippen LogP contribution is 2.32. The van der Waals surface area contributed by atoms with E-state index in [1.807, 2.05) is 0 Å². The number of anilines is 1. The molecule has 98 valence electrons. The highest BCUT2D eigenvalue weighted by atomic mass is 19.1. The van der Waals surface area contributed by atoms with Crippen LogP contribution in [-0.4, -0.2) is 19.1 Å². The summed E-state index contributed by atoms with van der Waals surface area (Å²) in [5.41, 5.74) is 0.620. The van der Waals surface area contributed by atoms with Crippen LogP contribution in [0, 0.1) is 11.7 Å². The highest BCUT2D eigenvalue weighted by Gasteiger charge is 2.34. The fourth-order valence-corrected chi connectivity index (χ4v) is 2.48. The van der Waals surface area contributed by atoms with Crippen molar-refractivity contribution < 1.29 is 13.9 Å². The first-order valence-electron chi connectivity index (χ1n) is 6.20. The number of methoxy groups -OCH3 is 1. The summed E-state index contributed by atoms with van der Waals surface area (Å²) in [6.07, 6.45) is 1.38. The molecule has 3 nitrogen and oxygen atoms in total. The lowest BCUT2D eigenvalue weighted by Crippen LogP contribution is -2.36. The molecule has 0 aliphatic carbocycles. The van der Waals surface area contributed by atoms with Crippen molar-refractivity contribution in [2.24, 2.45) is 5.92 Å². The largest absolute Gasteiger partial charge is 0.494 e. The summed E-state index contributed by atoms with van der Waals surface area (Å²) >= 11 is 0. The van der Waals surface area contributed by atoms with Crippen molar-refractivity contribution in [3.8, 4) is 5.75 Å². The van der Waals surface area contributed by atoms with Crippen molar-refractivity contribution in [2.75, 3.05) is 12.0 Å². The standard InChI is InChI=1S/C14H18FNO2/c1-9(2)12-5-7-14(17)16(12)10-4-6-13(18-3)11(15)8-10/h4,6,8-9,12H,5,7H2,1-3H3. The van der Waals surface area contributed by atoms with E-state index in [1.54, 1.807) is 17.0 Å². The van der Waals surface area contributed by atoms with Gasteiger partial charge in [0.1, 0.15) is 0 Å². The Morgan fingerprint density at radius 2 is 2.17 bits per heavy atom. The predicted octanol–water partition coefficient (Wildman–Crippen LogP) is 2.99. The lowest BCUT2D eigenvalue weighted by Gasteiger charge is -2.28. The molecular formula is C14H18FNO2. The maximum atomic E-state index is 13.7. The summed E-state index contributed by atoms with van der Waals surface area (Å²) in [6.45, 7) is 4.16. The van der Waals surface area contributed by atoms with Crippen molar-refractivity contribution in [2.45, 2.75) is 32.7 Å². The number of carbonyl (C=O) groups excluding carboxylic acids is 1. The topological polar surface area (TPSA) is 29.5 Å². The Bertz CT molecular complexity index is 459. The van der Waals surface area contributed by atoms with E-state index in [-0.39, 0.29) is 17.7 Å². The third-order valence-corrected chi connectivity index (χ3v) is 3.44. The van der Waals surface area contributed by atoms with Gasteiger partial charge in [-0.3, -0.25) is 4.79 Å². The van der Waals surface area contributed by atoms with E-state index in [0.717, 1.165) is 6.42 Å². The van der Waals surface area contributed by atoms with E-state index in [2.05, 4.69) is 13.8 Å². The molecule has 1 aliphatic rings. The molecule has 1 heterocycles. The molecule has 1 aliphatic heterocycles. The van der Waals surface area contributed by atoms with Gasteiger partial charge in [-0.25, -0.2) is 4.39 Å². The molecule has 1 unspecified atom stereocenters. The summed E-state index contributed by atoms with van der Waals surface area (Å²) in [5.74, 6) is 0.198.